The second-order valence-electron chi connectivity index (χ2n) is 3.29. The molecule has 0 bridgehead atoms. The number of anilines is 1. The highest BCUT2D eigenvalue weighted by Gasteiger charge is 2.44. The van der Waals surface area contributed by atoms with Crippen LogP contribution < -0.4 is 5.32 Å². The number of carboxylic acids is 1. The molecule has 0 saturated heterocycles. The number of hydrogen-bond donors (Lipinski definition) is 2. The predicted octanol–water partition coefficient (Wildman–Crippen LogP) is 3.02. The van der Waals surface area contributed by atoms with Gasteiger partial charge in [-0.3, -0.25) is 4.79 Å². The molecule has 94 valence electrons. The summed E-state index contributed by atoms with van der Waals surface area (Å²) in [6.07, 6.45) is -4.79. The van der Waals surface area contributed by atoms with Crippen LogP contribution in [0.15, 0.2) is 24.3 Å². The van der Waals surface area contributed by atoms with Gasteiger partial charge < -0.3 is 10.4 Å². The summed E-state index contributed by atoms with van der Waals surface area (Å²) in [6, 6.07) is 6.16. The van der Waals surface area contributed by atoms with Gasteiger partial charge in [0.15, 0.2) is 5.92 Å². The van der Waals surface area contributed by atoms with E-state index in [2.05, 4.69) is 5.32 Å². The lowest BCUT2D eigenvalue weighted by Crippen LogP contribution is -2.36. The Bertz CT molecular complexity index is 409. The van der Waals surface area contributed by atoms with Crippen LogP contribution in [0.4, 0.5) is 18.9 Å². The standard InChI is InChI=1S/C10H9ClF3NO2/c11-7-3-1-2-4-8(7)15-5-6(9(16)17)10(12,13)14/h1-4,6,15H,5H2,(H,16,17). The van der Waals surface area contributed by atoms with Gasteiger partial charge in [0.2, 0.25) is 0 Å². The largest absolute Gasteiger partial charge is 0.481 e. The fraction of sp³-hybridized carbons (Fsp3) is 0.300. The Morgan fingerprint density at radius 1 is 1.41 bits per heavy atom. The van der Waals surface area contributed by atoms with Crippen LogP contribution in [0.3, 0.4) is 0 Å². The predicted molar refractivity (Wildman–Crippen MR) is 57.1 cm³/mol. The maximum atomic E-state index is 12.3. The molecular formula is C10H9ClF3NO2. The number of carboxylic acid groups (broad SMARTS) is 1. The monoisotopic (exact) mass is 267 g/mol. The van der Waals surface area contributed by atoms with E-state index in [1.165, 1.54) is 12.1 Å². The van der Waals surface area contributed by atoms with Crippen LogP contribution >= 0.6 is 11.6 Å². The molecule has 2 N–H and O–H groups in total. The van der Waals surface area contributed by atoms with E-state index in [-0.39, 0.29) is 10.7 Å². The minimum absolute atomic E-state index is 0.235. The number of benzene rings is 1. The summed E-state index contributed by atoms with van der Waals surface area (Å²) < 4.78 is 37.0. The van der Waals surface area contributed by atoms with Gasteiger partial charge in [0.25, 0.3) is 0 Å². The Morgan fingerprint density at radius 2 is 2.00 bits per heavy atom. The number of halogens is 4. The maximum Gasteiger partial charge on any atom is 0.403 e. The van der Waals surface area contributed by atoms with Gasteiger partial charge in [-0.25, -0.2) is 0 Å². The fourth-order valence-electron chi connectivity index (χ4n) is 1.16. The van der Waals surface area contributed by atoms with Gasteiger partial charge in [-0.05, 0) is 12.1 Å². The van der Waals surface area contributed by atoms with E-state index in [1.807, 2.05) is 0 Å². The van der Waals surface area contributed by atoms with Gasteiger partial charge in [0, 0.05) is 6.54 Å². The Kier molecular flexibility index (Phi) is 4.22. The Morgan fingerprint density at radius 3 is 2.47 bits per heavy atom. The summed E-state index contributed by atoms with van der Waals surface area (Å²) in [6.45, 7) is -0.761. The second kappa shape index (κ2) is 5.27. The van der Waals surface area contributed by atoms with E-state index in [4.69, 9.17) is 16.7 Å². The van der Waals surface area contributed by atoms with Crippen LogP contribution in [0.2, 0.25) is 5.02 Å². The van der Waals surface area contributed by atoms with E-state index in [1.54, 1.807) is 12.1 Å². The summed E-state index contributed by atoms with van der Waals surface area (Å²) in [7, 11) is 0. The zero-order chi connectivity index (χ0) is 13.1. The molecule has 1 unspecified atom stereocenters. The smallest absolute Gasteiger partial charge is 0.403 e. The highest BCUT2D eigenvalue weighted by Crippen LogP contribution is 2.28. The van der Waals surface area contributed by atoms with Gasteiger partial charge in [0.1, 0.15) is 0 Å². The summed E-state index contributed by atoms with van der Waals surface area (Å²) in [5.74, 6) is -4.38. The fourth-order valence-corrected chi connectivity index (χ4v) is 1.36. The first-order valence-corrected chi connectivity index (χ1v) is 4.98. The molecule has 1 rings (SSSR count). The van der Waals surface area contributed by atoms with E-state index in [0.717, 1.165) is 0 Å². The molecule has 1 atom stereocenters. The molecule has 0 aliphatic heterocycles. The molecule has 0 fully saturated rings. The van der Waals surface area contributed by atoms with E-state index < -0.39 is 24.6 Å². The van der Waals surface area contributed by atoms with Crippen molar-refractivity contribution in [2.45, 2.75) is 6.18 Å². The van der Waals surface area contributed by atoms with Crippen LogP contribution in [0.5, 0.6) is 0 Å². The molecule has 1 aromatic carbocycles. The van der Waals surface area contributed by atoms with Crippen LogP contribution in [-0.2, 0) is 4.79 Å². The number of alkyl halides is 3. The van der Waals surface area contributed by atoms with Crippen molar-refractivity contribution >= 4 is 23.3 Å². The third-order valence-electron chi connectivity index (χ3n) is 2.06. The van der Waals surface area contributed by atoms with Crippen molar-refractivity contribution in [2.75, 3.05) is 11.9 Å². The van der Waals surface area contributed by atoms with Crippen molar-refractivity contribution in [3.05, 3.63) is 29.3 Å². The molecule has 0 aromatic heterocycles. The van der Waals surface area contributed by atoms with Crippen LogP contribution in [0, 0.1) is 5.92 Å². The molecule has 3 nitrogen and oxygen atoms in total. The molecular weight excluding hydrogens is 259 g/mol. The zero-order valence-electron chi connectivity index (χ0n) is 8.46. The SMILES string of the molecule is O=C(O)C(CNc1ccccc1Cl)C(F)(F)F. The first kappa shape index (κ1) is 13.6. The summed E-state index contributed by atoms with van der Waals surface area (Å²) >= 11 is 5.71. The van der Waals surface area contributed by atoms with E-state index >= 15 is 0 Å². The third kappa shape index (κ3) is 3.81. The van der Waals surface area contributed by atoms with E-state index in [9.17, 15) is 18.0 Å². The Labute approximate surface area is 100 Å². The lowest BCUT2D eigenvalue weighted by atomic mass is 10.1. The van der Waals surface area contributed by atoms with Crippen LogP contribution in [0.25, 0.3) is 0 Å². The van der Waals surface area contributed by atoms with Crippen molar-refractivity contribution < 1.29 is 23.1 Å². The molecule has 0 radical (unpaired) electrons. The van der Waals surface area contributed by atoms with Crippen molar-refractivity contribution in [1.29, 1.82) is 0 Å². The quantitative estimate of drug-likeness (QED) is 0.882. The van der Waals surface area contributed by atoms with Gasteiger partial charge in [0.05, 0.1) is 10.7 Å². The Hall–Kier alpha value is -1.43. The summed E-state index contributed by atoms with van der Waals surface area (Å²) in [5, 5.41) is 11.1. The molecule has 0 aliphatic carbocycles. The second-order valence-corrected chi connectivity index (χ2v) is 3.70. The van der Waals surface area contributed by atoms with Crippen molar-refractivity contribution in [3.63, 3.8) is 0 Å². The molecule has 1 aromatic rings. The summed E-state index contributed by atoms with van der Waals surface area (Å²) in [5.41, 5.74) is 0.268. The molecule has 17 heavy (non-hydrogen) atoms. The number of rotatable bonds is 4. The highest BCUT2D eigenvalue weighted by atomic mass is 35.5. The molecule has 0 amide bonds. The lowest BCUT2D eigenvalue weighted by Gasteiger charge is -2.17. The van der Waals surface area contributed by atoms with Crippen molar-refractivity contribution in [3.8, 4) is 0 Å². The van der Waals surface area contributed by atoms with Crippen LogP contribution in [0.1, 0.15) is 0 Å². The summed E-state index contributed by atoms with van der Waals surface area (Å²) in [4.78, 5) is 10.5. The number of hydrogen-bond acceptors (Lipinski definition) is 2. The molecule has 0 saturated carbocycles. The number of para-hydroxylation sites is 1. The normalized spacial score (nSPS) is 13.2. The lowest BCUT2D eigenvalue weighted by molar-refractivity contribution is -0.190. The number of nitrogens with one attached hydrogen (secondary N) is 1. The van der Waals surface area contributed by atoms with Gasteiger partial charge in [-0.1, -0.05) is 23.7 Å². The van der Waals surface area contributed by atoms with Gasteiger partial charge in [-0.2, -0.15) is 13.2 Å². The van der Waals surface area contributed by atoms with E-state index in [0.29, 0.717) is 0 Å². The topological polar surface area (TPSA) is 49.3 Å². The van der Waals surface area contributed by atoms with Crippen LogP contribution in [-0.4, -0.2) is 23.8 Å². The minimum atomic E-state index is -4.79. The molecule has 7 heteroatoms. The van der Waals surface area contributed by atoms with Crippen molar-refractivity contribution in [2.24, 2.45) is 5.92 Å². The number of carbonyl (C=O) groups is 1. The van der Waals surface area contributed by atoms with Gasteiger partial charge >= 0.3 is 12.1 Å². The van der Waals surface area contributed by atoms with Gasteiger partial charge in [-0.15, -0.1) is 0 Å². The maximum absolute atomic E-state index is 12.3. The molecule has 0 heterocycles. The first-order chi connectivity index (χ1) is 7.82. The molecule has 0 aliphatic rings. The zero-order valence-corrected chi connectivity index (χ0v) is 9.22. The van der Waals surface area contributed by atoms with Crippen molar-refractivity contribution in [1.82, 2.24) is 0 Å². The Balaban J connectivity index is 2.72. The average molecular weight is 268 g/mol. The third-order valence-corrected chi connectivity index (χ3v) is 2.39. The minimum Gasteiger partial charge on any atom is -0.481 e. The number of aliphatic carboxylic acids is 1. The first-order valence-electron chi connectivity index (χ1n) is 4.60. The highest BCUT2D eigenvalue weighted by molar-refractivity contribution is 6.33. The average Bonchev–Trinajstić information content (AvgIpc) is 2.18. The molecule has 0 spiro atoms.